The molecule has 0 bridgehead atoms. The summed E-state index contributed by atoms with van der Waals surface area (Å²) in [7, 11) is 1.63. The number of nitrogens with zero attached hydrogens (tertiary/aromatic N) is 2. The number of benzene rings is 1. The Kier molecular flexibility index (Phi) is 5.33. The molecule has 0 radical (unpaired) electrons. The maximum atomic E-state index is 5.82. The van der Waals surface area contributed by atoms with Gasteiger partial charge >= 0.3 is 0 Å². The molecule has 2 N–H and O–H groups in total. The summed E-state index contributed by atoms with van der Waals surface area (Å²) in [5.74, 6) is 2.91. The zero-order valence-corrected chi connectivity index (χ0v) is 12.9. The van der Waals surface area contributed by atoms with E-state index in [9.17, 15) is 0 Å². The Balaban J connectivity index is 2.14. The van der Waals surface area contributed by atoms with Crippen molar-refractivity contribution in [2.45, 2.75) is 26.7 Å². The van der Waals surface area contributed by atoms with E-state index in [4.69, 9.17) is 15.0 Å². The zero-order valence-electron chi connectivity index (χ0n) is 12.9. The molecular weight excluding hydrogens is 266 g/mol. The summed E-state index contributed by atoms with van der Waals surface area (Å²) in [6.45, 7) is 5.01. The van der Waals surface area contributed by atoms with Gasteiger partial charge in [-0.25, -0.2) is 0 Å². The number of hydrogen-bond donors (Lipinski definition) is 1. The average Bonchev–Trinajstić information content (AvgIpc) is 2.94. The first kappa shape index (κ1) is 15.5. The second-order valence-electron chi connectivity index (χ2n) is 5.65. The van der Waals surface area contributed by atoms with E-state index in [0.29, 0.717) is 30.1 Å². The first-order valence-corrected chi connectivity index (χ1v) is 7.30. The van der Waals surface area contributed by atoms with Crippen LogP contribution >= 0.6 is 0 Å². The molecule has 5 nitrogen and oxygen atoms in total. The Hall–Kier alpha value is -1.88. The summed E-state index contributed by atoms with van der Waals surface area (Å²) in [4.78, 5) is 4.47. The Morgan fingerprint density at radius 3 is 2.71 bits per heavy atom. The topological polar surface area (TPSA) is 74.2 Å². The number of hydrogen-bond acceptors (Lipinski definition) is 5. The van der Waals surface area contributed by atoms with Crippen molar-refractivity contribution in [3.63, 3.8) is 0 Å². The summed E-state index contributed by atoms with van der Waals surface area (Å²) in [5.41, 5.74) is 6.66. The molecule has 0 saturated carbocycles. The highest BCUT2D eigenvalue weighted by Crippen LogP contribution is 2.27. The number of nitrogens with two attached hydrogens (primary N) is 1. The quantitative estimate of drug-likeness (QED) is 0.848. The van der Waals surface area contributed by atoms with E-state index in [-0.39, 0.29) is 0 Å². The van der Waals surface area contributed by atoms with Crippen molar-refractivity contribution in [2.75, 3.05) is 13.7 Å². The van der Waals surface area contributed by atoms with Crippen molar-refractivity contribution in [1.82, 2.24) is 10.1 Å². The largest absolute Gasteiger partial charge is 0.496 e. The second-order valence-corrected chi connectivity index (χ2v) is 5.65. The molecule has 0 saturated heterocycles. The molecule has 5 heteroatoms. The van der Waals surface area contributed by atoms with Gasteiger partial charge in [0.2, 0.25) is 11.7 Å². The molecule has 114 valence electrons. The fraction of sp³-hybridized carbons (Fsp3) is 0.500. The van der Waals surface area contributed by atoms with Crippen LogP contribution in [0.15, 0.2) is 28.8 Å². The SMILES string of the molecule is COc1ccccc1-c1noc(C[C@@H](CN)CC(C)C)n1. The van der Waals surface area contributed by atoms with E-state index >= 15 is 0 Å². The summed E-state index contributed by atoms with van der Waals surface area (Å²) in [5, 5.41) is 4.05. The Morgan fingerprint density at radius 1 is 1.29 bits per heavy atom. The molecular formula is C16H23N3O2. The minimum absolute atomic E-state index is 0.371. The van der Waals surface area contributed by atoms with Crippen LogP contribution in [0.5, 0.6) is 5.75 Å². The van der Waals surface area contributed by atoms with E-state index in [1.54, 1.807) is 7.11 Å². The van der Waals surface area contributed by atoms with Gasteiger partial charge < -0.3 is 15.0 Å². The molecule has 1 aromatic heterocycles. The number of aromatic nitrogens is 2. The first-order chi connectivity index (χ1) is 10.1. The Labute approximate surface area is 125 Å². The van der Waals surface area contributed by atoms with E-state index < -0.39 is 0 Å². The molecule has 0 fully saturated rings. The van der Waals surface area contributed by atoms with E-state index in [2.05, 4.69) is 24.0 Å². The molecule has 1 aromatic carbocycles. The summed E-state index contributed by atoms with van der Waals surface area (Å²) >= 11 is 0. The third-order valence-corrected chi connectivity index (χ3v) is 3.42. The van der Waals surface area contributed by atoms with Gasteiger partial charge in [-0.3, -0.25) is 0 Å². The number of para-hydroxylation sites is 1. The highest BCUT2D eigenvalue weighted by atomic mass is 16.5. The molecule has 1 heterocycles. The van der Waals surface area contributed by atoms with Gasteiger partial charge in [0.25, 0.3) is 0 Å². The minimum Gasteiger partial charge on any atom is -0.496 e. The van der Waals surface area contributed by atoms with Crippen LogP contribution in [0.25, 0.3) is 11.4 Å². The molecule has 21 heavy (non-hydrogen) atoms. The van der Waals surface area contributed by atoms with Gasteiger partial charge in [-0.15, -0.1) is 0 Å². The van der Waals surface area contributed by atoms with E-state index in [1.165, 1.54) is 0 Å². The highest BCUT2D eigenvalue weighted by molar-refractivity contribution is 5.63. The number of ether oxygens (including phenoxy) is 1. The fourth-order valence-corrected chi connectivity index (χ4v) is 2.45. The van der Waals surface area contributed by atoms with Crippen LogP contribution in [0.1, 0.15) is 26.2 Å². The van der Waals surface area contributed by atoms with Crippen molar-refractivity contribution >= 4 is 0 Å². The molecule has 0 aliphatic carbocycles. The van der Waals surface area contributed by atoms with Crippen LogP contribution in [0, 0.1) is 11.8 Å². The molecule has 2 aromatic rings. The van der Waals surface area contributed by atoms with Crippen LogP contribution < -0.4 is 10.5 Å². The molecule has 2 rings (SSSR count). The molecule has 0 aliphatic heterocycles. The standard InChI is InChI=1S/C16H23N3O2/c1-11(2)8-12(10-17)9-15-18-16(19-21-15)13-6-4-5-7-14(13)20-3/h4-7,11-12H,8-10,17H2,1-3H3/t12-/m0/s1. The summed E-state index contributed by atoms with van der Waals surface area (Å²) < 4.78 is 10.7. The van der Waals surface area contributed by atoms with Gasteiger partial charge in [-0.2, -0.15) is 4.98 Å². The van der Waals surface area contributed by atoms with Crippen molar-refractivity contribution in [2.24, 2.45) is 17.6 Å². The van der Waals surface area contributed by atoms with Gasteiger partial charge in [0.15, 0.2) is 0 Å². The fourth-order valence-electron chi connectivity index (χ4n) is 2.45. The van der Waals surface area contributed by atoms with Crippen LogP contribution in [-0.4, -0.2) is 23.8 Å². The van der Waals surface area contributed by atoms with Gasteiger partial charge in [0.05, 0.1) is 12.7 Å². The lowest BCUT2D eigenvalue weighted by Crippen LogP contribution is -2.19. The van der Waals surface area contributed by atoms with Crippen LogP contribution in [0.4, 0.5) is 0 Å². The van der Waals surface area contributed by atoms with Crippen molar-refractivity contribution < 1.29 is 9.26 Å². The number of methoxy groups -OCH3 is 1. The maximum absolute atomic E-state index is 5.82. The van der Waals surface area contributed by atoms with Crippen molar-refractivity contribution in [3.05, 3.63) is 30.2 Å². The van der Waals surface area contributed by atoms with Crippen LogP contribution in [0.2, 0.25) is 0 Å². The molecule has 0 amide bonds. The summed E-state index contributed by atoms with van der Waals surface area (Å²) in [6.07, 6.45) is 1.78. The van der Waals surface area contributed by atoms with Crippen LogP contribution in [-0.2, 0) is 6.42 Å². The minimum atomic E-state index is 0.371. The molecule has 1 atom stereocenters. The van der Waals surface area contributed by atoms with Crippen molar-refractivity contribution in [3.8, 4) is 17.1 Å². The van der Waals surface area contributed by atoms with E-state index in [1.807, 2.05) is 24.3 Å². The Bertz CT molecular complexity index is 566. The molecule has 0 unspecified atom stereocenters. The van der Waals surface area contributed by atoms with Gasteiger partial charge in [-0.1, -0.05) is 31.1 Å². The predicted octanol–water partition coefficient (Wildman–Crippen LogP) is 2.91. The van der Waals surface area contributed by atoms with E-state index in [0.717, 1.165) is 24.2 Å². The van der Waals surface area contributed by atoms with Gasteiger partial charge in [0, 0.05) is 6.42 Å². The summed E-state index contributed by atoms with van der Waals surface area (Å²) in [6, 6.07) is 7.64. The monoisotopic (exact) mass is 289 g/mol. The van der Waals surface area contributed by atoms with Gasteiger partial charge in [-0.05, 0) is 36.9 Å². The lowest BCUT2D eigenvalue weighted by Gasteiger charge is -2.14. The number of rotatable bonds is 7. The molecule has 0 aliphatic rings. The lowest BCUT2D eigenvalue weighted by atomic mass is 9.94. The smallest absolute Gasteiger partial charge is 0.227 e. The van der Waals surface area contributed by atoms with Crippen molar-refractivity contribution in [1.29, 1.82) is 0 Å². The maximum Gasteiger partial charge on any atom is 0.227 e. The average molecular weight is 289 g/mol. The normalized spacial score (nSPS) is 12.6. The third kappa shape index (κ3) is 4.04. The lowest BCUT2D eigenvalue weighted by molar-refractivity contribution is 0.331. The molecule has 0 spiro atoms. The second kappa shape index (κ2) is 7.22. The predicted molar refractivity (Wildman–Crippen MR) is 82.0 cm³/mol. The van der Waals surface area contributed by atoms with Gasteiger partial charge in [0.1, 0.15) is 5.75 Å². The zero-order chi connectivity index (χ0) is 15.2. The van der Waals surface area contributed by atoms with Crippen LogP contribution in [0.3, 0.4) is 0 Å². The first-order valence-electron chi connectivity index (χ1n) is 7.30. The highest BCUT2D eigenvalue weighted by Gasteiger charge is 2.17. The Morgan fingerprint density at radius 2 is 2.05 bits per heavy atom. The third-order valence-electron chi connectivity index (χ3n) is 3.42.